The molecular formula is C16H12F2N2O. The van der Waals surface area contributed by atoms with Gasteiger partial charge < -0.3 is 9.30 Å². The van der Waals surface area contributed by atoms with Gasteiger partial charge in [0, 0.05) is 30.2 Å². The molecule has 1 aliphatic rings. The van der Waals surface area contributed by atoms with E-state index in [9.17, 15) is 8.78 Å². The van der Waals surface area contributed by atoms with Crippen LogP contribution >= 0.6 is 0 Å². The molecule has 3 aromatic rings. The van der Waals surface area contributed by atoms with E-state index in [4.69, 9.17) is 4.74 Å². The molecular weight excluding hydrogens is 274 g/mol. The molecule has 1 aliphatic heterocycles. The van der Waals surface area contributed by atoms with E-state index in [1.54, 1.807) is 6.33 Å². The molecule has 21 heavy (non-hydrogen) atoms. The van der Waals surface area contributed by atoms with Crippen molar-refractivity contribution < 1.29 is 13.5 Å². The summed E-state index contributed by atoms with van der Waals surface area (Å²) in [6.07, 6.45) is 1.62. The van der Waals surface area contributed by atoms with E-state index in [1.807, 2.05) is 28.8 Å². The zero-order chi connectivity index (χ0) is 14.4. The molecule has 0 saturated carbocycles. The largest absolute Gasteiger partial charge is 0.493 e. The molecule has 1 aromatic heterocycles. The minimum Gasteiger partial charge on any atom is -0.493 e. The summed E-state index contributed by atoms with van der Waals surface area (Å²) >= 11 is 0. The van der Waals surface area contributed by atoms with Gasteiger partial charge in [-0.15, -0.1) is 0 Å². The van der Waals surface area contributed by atoms with Gasteiger partial charge in [-0.2, -0.15) is 0 Å². The number of aromatic nitrogens is 2. The van der Waals surface area contributed by atoms with E-state index in [0.717, 1.165) is 17.4 Å². The predicted molar refractivity (Wildman–Crippen MR) is 74.3 cm³/mol. The fourth-order valence-electron chi connectivity index (χ4n) is 2.82. The van der Waals surface area contributed by atoms with Crippen molar-refractivity contribution in [2.45, 2.75) is 12.5 Å². The third-order valence-corrected chi connectivity index (χ3v) is 3.88. The van der Waals surface area contributed by atoms with Crippen molar-refractivity contribution in [3.05, 3.63) is 59.9 Å². The van der Waals surface area contributed by atoms with E-state index in [-0.39, 0.29) is 5.92 Å². The Morgan fingerprint density at radius 2 is 2.00 bits per heavy atom. The number of imidazole rings is 1. The van der Waals surface area contributed by atoms with Gasteiger partial charge in [-0.1, -0.05) is 18.2 Å². The molecule has 1 atom stereocenters. The van der Waals surface area contributed by atoms with Crippen molar-refractivity contribution in [3.8, 4) is 5.75 Å². The zero-order valence-corrected chi connectivity index (χ0v) is 11.1. The van der Waals surface area contributed by atoms with E-state index >= 15 is 0 Å². The van der Waals surface area contributed by atoms with Crippen LogP contribution in [0.15, 0.2) is 42.7 Å². The fraction of sp³-hybridized carbons (Fsp3) is 0.188. The molecule has 0 radical (unpaired) electrons. The van der Waals surface area contributed by atoms with Crippen LogP contribution in [0.5, 0.6) is 5.75 Å². The second kappa shape index (κ2) is 4.55. The highest BCUT2D eigenvalue weighted by Gasteiger charge is 2.24. The molecule has 0 bridgehead atoms. The van der Waals surface area contributed by atoms with Crippen molar-refractivity contribution in [1.82, 2.24) is 9.55 Å². The summed E-state index contributed by atoms with van der Waals surface area (Å²) in [5.41, 5.74) is 2.20. The van der Waals surface area contributed by atoms with Crippen molar-refractivity contribution in [2.75, 3.05) is 6.61 Å². The highest BCUT2D eigenvalue weighted by molar-refractivity contribution is 5.75. The van der Waals surface area contributed by atoms with Gasteiger partial charge in [0.15, 0.2) is 11.6 Å². The standard InChI is InChI=1S/C16H12F2N2O/c17-12-5-14-15(6-13(12)18)20(9-19-14)7-10-8-21-16-4-2-1-3-11(10)16/h1-6,9-10H,7-8H2. The Morgan fingerprint density at radius 1 is 1.19 bits per heavy atom. The topological polar surface area (TPSA) is 27.1 Å². The number of para-hydroxylation sites is 1. The minimum absolute atomic E-state index is 0.187. The number of fused-ring (bicyclic) bond motifs is 2. The van der Waals surface area contributed by atoms with Gasteiger partial charge in [-0.05, 0) is 6.07 Å². The Morgan fingerprint density at radius 3 is 2.90 bits per heavy atom. The van der Waals surface area contributed by atoms with Gasteiger partial charge in [0.25, 0.3) is 0 Å². The summed E-state index contributed by atoms with van der Waals surface area (Å²) in [5, 5.41) is 0. The summed E-state index contributed by atoms with van der Waals surface area (Å²) in [4.78, 5) is 4.13. The van der Waals surface area contributed by atoms with Crippen LogP contribution in [0.2, 0.25) is 0 Å². The van der Waals surface area contributed by atoms with E-state index in [0.29, 0.717) is 24.2 Å². The Bertz CT molecular complexity index is 828. The van der Waals surface area contributed by atoms with Crippen LogP contribution in [-0.4, -0.2) is 16.2 Å². The summed E-state index contributed by atoms with van der Waals surface area (Å²) in [7, 11) is 0. The molecule has 0 spiro atoms. The molecule has 2 heterocycles. The van der Waals surface area contributed by atoms with Gasteiger partial charge in [-0.3, -0.25) is 0 Å². The van der Waals surface area contributed by atoms with Crippen LogP contribution in [0.1, 0.15) is 11.5 Å². The van der Waals surface area contributed by atoms with Crippen LogP contribution in [0.25, 0.3) is 11.0 Å². The normalized spacial score (nSPS) is 17.0. The molecule has 0 N–H and O–H groups in total. The van der Waals surface area contributed by atoms with Crippen LogP contribution in [-0.2, 0) is 6.54 Å². The predicted octanol–water partition coefficient (Wildman–Crippen LogP) is 3.49. The Kier molecular flexibility index (Phi) is 2.67. The first-order valence-corrected chi connectivity index (χ1v) is 6.74. The third kappa shape index (κ3) is 1.96. The molecule has 4 rings (SSSR count). The average Bonchev–Trinajstić information content (AvgIpc) is 3.06. The maximum absolute atomic E-state index is 13.4. The quantitative estimate of drug-likeness (QED) is 0.721. The molecule has 0 saturated heterocycles. The molecule has 106 valence electrons. The lowest BCUT2D eigenvalue weighted by Crippen LogP contribution is -2.10. The van der Waals surface area contributed by atoms with E-state index < -0.39 is 11.6 Å². The minimum atomic E-state index is -0.873. The Hall–Kier alpha value is -2.43. The summed E-state index contributed by atoms with van der Waals surface area (Å²) in [6.45, 7) is 1.21. The lowest BCUT2D eigenvalue weighted by molar-refractivity contribution is 0.320. The Labute approximate surface area is 119 Å². The molecule has 2 aromatic carbocycles. The van der Waals surface area contributed by atoms with Crippen molar-refractivity contribution in [2.24, 2.45) is 0 Å². The van der Waals surface area contributed by atoms with Crippen LogP contribution in [0, 0.1) is 11.6 Å². The first-order chi connectivity index (χ1) is 10.2. The maximum Gasteiger partial charge on any atom is 0.161 e. The van der Waals surface area contributed by atoms with E-state index in [1.165, 1.54) is 6.07 Å². The number of hydrogen-bond acceptors (Lipinski definition) is 2. The van der Waals surface area contributed by atoms with E-state index in [2.05, 4.69) is 4.98 Å². The van der Waals surface area contributed by atoms with Crippen molar-refractivity contribution >= 4 is 11.0 Å². The van der Waals surface area contributed by atoms with Crippen molar-refractivity contribution in [1.29, 1.82) is 0 Å². The van der Waals surface area contributed by atoms with Gasteiger partial charge in [0.2, 0.25) is 0 Å². The first kappa shape index (κ1) is 12.3. The number of halogens is 2. The summed E-state index contributed by atoms with van der Waals surface area (Å²) < 4.78 is 34.1. The lowest BCUT2D eigenvalue weighted by atomic mass is 10.0. The zero-order valence-electron chi connectivity index (χ0n) is 11.1. The summed E-state index contributed by atoms with van der Waals surface area (Å²) in [5.74, 6) is -0.648. The van der Waals surface area contributed by atoms with Gasteiger partial charge in [-0.25, -0.2) is 13.8 Å². The van der Waals surface area contributed by atoms with Gasteiger partial charge >= 0.3 is 0 Å². The Balaban J connectivity index is 1.71. The smallest absolute Gasteiger partial charge is 0.161 e. The van der Waals surface area contributed by atoms with Gasteiger partial charge in [0.1, 0.15) is 5.75 Å². The van der Waals surface area contributed by atoms with Crippen LogP contribution in [0.4, 0.5) is 8.78 Å². The third-order valence-electron chi connectivity index (χ3n) is 3.88. The summed E-state index contributed by atoms with van der Waals surface area (Å²) in [6, 6.07) is 10.2. The number of benzene rings is 2. The number of rotatable bonds is 2. The molecule has 0 fully saturated rings. The van der Waals surface area contributed by atoms with Crippen LogP contribution in [0.3, 0.4) is 0 Å². The molecule has 0 aliphatic carbocycles. The van der Waals surface area contributed by atoms with Gasteiger partial charge in [0.05, 0.1) is 24.0 Å². The number of ether oxygens (including phenoxy) is 1. The second-order valence-corrected chi connectivity index (χ2v) is 5.20. The molecule has 3 nitrogen and oxygen atoms in total. The van der Waals surface area contributed by atoms with Crippen LogP contribution < -0.4 is 4.74 Å². The molecule has 0 amide bonds. The number of hydrogen-bond donors (Lipinski definition) is 0. The van der Waals surface area contributed by atoms with Crippen molar-refractivity contribution in [3.63, 3.8) is 0 Å². The molecule has 1 unspecified atom stereocenters. The lowest BCUT2D eigenvalue weighted by Gasteiger charge is -2.10. The highest BCUT2D eigenvalue weighted by Crippen LogP contribution is 2.35. The number of nitrogens with zero attached hydrogens (tertiary/aromatic N) is 2. The SMILES string of the molecule is Fc1cc2ncn(CC3COc4ccccc43)c2cc1F. The first-order valence-electron chi connectivity index (χ1n) is 6.74. The highest BCUT2D eigenvalue weighted by atomic mass is 19.2. The fourth-order valence-corrected chi connectivity index (χ4v) is 2.82. The average molecular weight is 286 g/mol. The monoisotopic (exact) mass is 286 g/mol. The second-order valence-electron chi connectivity index (χ2n) is 5.20. The maximum atomic E-state index is 13.4. The molecule has 5 heteroatoms.